The number of fused-ring (bicyclic) bond motifs is 9. The van der Waals surface area contributed by atoms with Crippen LogP contribution in [0.2, 0.25) is 0 Å². The third kappa shape index (κ3) is 6.01. The Bertz CT molecular complexity index is 3670. The van der Waals surface area contributed by atoms with Gasteiger partial charge in [0.15, 0.2) is 0 Å². The van der Waals surface area contributed by atoms with Gasteiger partial charge in [0.25, 0.3) is 0 Å². The summed E-state index contributed by atoms with van der Waals surface area (Å²) in [7, 11) is 0. The Hall–Kier alpha value is -8.26. The normalized spacial score (nSPS) is 13.5. The first-order chi connectivity index (χ1) is 32.7. The highest BCUT2D eigenvalue weighted by atomic mass is 15.1. The molecule has 0 radical (unpaired) electrons. The lowest BCUT2D eigenvalue weighted by Crippen LogP contribution is -2.28. The molecule has 1 heteroatoms. The molecule has 2 aliphatic rings. The minimum Gasteiger partial charge on any atom is -0.310 e. The fraction of sp³-hybridized carbons (Fsp3) is 0.0462. The van der Waals surface area contributed by atoms with Gasteiger partial charge in [0, 0.05) is 17.1 Å². The molecule has 310 valence electrons. The molecular weight excluding hydrogens is 795 g/mol. The number of nitrogens with zero attached hydrogens (tertiary/aromatic N) is 1. The first-order valence-corrected chi connectivity index (χ1v) is 23.2. The quantitative estimate of drug-likeness (QED) is 0.145. The third-order valence-electron chi connectivity index (χ3n) is 14.4. The van der Waals surface area contributed by atoms with Crippen LogP contribution in [0.4, 0.5) is 17.1 Å². The summed E-state index contributed by atoms with van der Waals surface area (Å²) in [5.41, 5.74) is 18.4. The standard InChI is InChI=1S/C65H45N/c1-3-21-50(22-4-1)65(51-23-5-2-6-24-51)63-32-14-13-31-59(63)62-43-54(37-38-64(62)65)66(52-25-15-19-46(39-52)47-36-35-45-34-33-44-17-7-9-27-55(44)60(45)41-47)53-26-16-20-48(40-53)61-42-49-18-8-10-28-56(49)57-29-11-12-30-58(57)61/h1-34,37-43H,35-36H2. The van der Waals surface area contributed by atoms with Gasteiger partial charge in [0.2, 0.25) is 0 Å². The maximum atomic E-state index is 2.48. The first kappa shape index (κ1) is 38.2. The van der Waals surface area contributed by atoms with Crippen LogP contribution in [0.25, 0.3) is 66.2 Å². The van der Waals surface area contributed by atoms with Crippen LogP contribution in [0, 0.1) is 0 Å². The van der Waals surface area contributed by atoms with E-state index in [1.54, 1.807) is 0 Å². The summed E-state index contributed by atoms with van der Waals surface area (Å²) in [5, 5.41) is 7.66. The zero-order chi connectivity index (χ0) is 43.6. The zero-order valence-electron chi connectivity index (χ0n) is 36.5. The fourth-order valence-electron chi connectivity index (χ4n) is 11.4. The number of hydrogen-bond acceptors (Lipinski definition) is 1. The molecule has 0 unspecified atom stereocenters. The minimum atomic E-state index is -0.470. The molecule has 0 bridgehead atoms. The second kappa shape index (κ2) is 15.5. The van der Waals surface area contributed by atoms with Crippen molar-refractivity contribution in [2.24, 2.45) is 0 Å². The van der Waals surface area contributed by atoms with Gasteiger partial charge >= 0.3 is 0 Å². The lowest BCUT2D eigenvalue weighted by Gasteiger charge is -2.34. The topological polar surface area (TPSA) is 3.24 Å². The number of benzene rings is 11. The zero-order valence-corrected chi connectivity index (χ0v) is 36.5. The summed E-state index contributed by atoms with van der Waals surface area (Å²) < 4.78 is 0. The fourth-order valence-corrected chi connectivity index (χ4v) is 11.4. The van der Waals surface area contributed by atoms with Crippen LogP contribution in [-0.4, -0.2) is 0 Å². The minimum absolute atomic E-state index is 0.470. The number of anilines is 3. The van der Waals surface area contributed by atoms with Gasteiger partial charge in [0.05, 0.1) is 5.41 Å². The van der Waals surface area contributed by atoms with Crippen molar-refractivity contribution in [3.8, 4) is 22.3 Å². The Morgan fingerprint density at radius 1 is 0.333 bits per heavy atom. The molecule has 0 fully saturated rings. The highest BCUT2D eigenvalue weighted by molar-refractivity contribution is 6.14. The molecule has 11 aromatic carbocycles. The molecule has 1 nitrogen and oxygen atoms in total. The van der Waals surface area contributed by atoms with Crippen molar-refractivity contribution in [2.45, 2.75) is 18.3 Å². The van der Waals surface area contributed by atoms with E-state index in [1.165, 1.54) is 99.1 Å². The molecule has 0 heterocycles. The number of aryl methyl sites for hydroxylation is 1. The van der Waals surface area contributed by atoms with Gasteiger partial charge in [-0.1, -0.05) is 206 Å². The van der Waals surface area contributed by atoms with Gasteiger partial charge in [-0.25, -0.2) is 0 Å². The van der Waals surface area contributed by atoms with E-state index in [0.29, 0.717) is 0 Å². The van der Waals surface area contributed by atoms with Crippen LogP contribution in [-0.2, 0) is 11.8 Å². The van der Waals surface area contributed by atoms with Crippen LogP contribution in [0.3, 0.4) is 0 Å². The average molecular weight is 840 g/mol. The van der Waals surface area contributed by atoms with E-state index in [-0.39, 0.29) is 0 Å². The lowest BCUT2D eigenvalue weighted by atomic mass is 9.68. The van der Waals surface area contributed by atoms with Crippen LogP contribution in [0.1, 0.15) is 45.4 Å². The molecule has 0 N–H and O–H groups in total. The van der Waals surface area contributed by atoms with Gasteiger partial charge in [-0.3, -0.25) is 0 Å². The average Bonchev–Trinajstić information content (AvgIpc) is 3.69. The van der Waals surface area contributed by atoms with E-state index in [1.807, 2.05) is 0 Å². The molecule has 0 saturated heterocycles. The summed E-state index contributed by atoms with van der Waals surface area (Å²) in [5.74, 6) is 0. The Labute approximate surface area is 386 Å². The van der Waals surface area contributed by atoms with Crippen molar-refractivity contribution < 1.29 is 0 Å². The van der Waals surface area contributed by atoms with Crippen molar-refractivity contribution in [1.82, 2.24) is 0 Å². The maximum absolute atomic E-state index is 2.48. The summed E-state index contributed by atoms with van der Waals surface area (Å²) in [6.07, 6.45) is 4.47. The molecular formula is C65H45N. The van der Waals surface area contributed by atoms with E-state index < -0.39 is 5.41 Å². The predicted molar refractivity (Wildman–Crippen MR) is 279 cm³/mol. The van der Waals surface area contributed by atoms with Crippen LogP contribution in [0.15, 0.2) is 243 Å². The first-order valence-electron chi connectivity index (χ1n) is 23.2. The summed E-state index contributed by atoms with van der Waals surface area (Å²) in [6, 6.07) is 90.3. The maximum Gasteiger partial charge on any atom is 0.0713 e. The molecule has 11 aromatic rings. The molecule has 66 heavy (non-hydrogen) atoms. The van der Waals surface area contributed by atoms with Crippen LogP contribution in [0.5, 0.6) is 0 Å². The van der Waals surface area contributed by atoms with E-state index in [4.69, 9.17) is 0 Å². The summed E-state index contributed by atoms with van der Waals surface area (Å²) >= 11 is 0. The van der Waals surface area contributed by atoms with Crippen molar-refractivity contribution in [1.29, 1.82) is 0 Å². The Morgan fingerprint density at radius 3 is 1.70 bits per heavy atom. The molecule has 2 aliphatic carbocycles. The van der Waals surface area contributed by atoms with Crippen molar-refractivity contribution in [2.75, 3.05) is 4.90 Å². The molecule has 0 saturated carbocycles. The second-order valence-electron chi connectivity index (χ2n) is 17.9. The van der Waals surface area contributed by atoms with E-state index in [0.717, 1.165) is 29.9 Å². The van der Waals surface area contributed by atoms with Crippen LogP contribution >= 0.6 is 0 Å². The number of hydrogen-bond donors (Lipinski definition) is 0. The van der Waals surface area contributed by atoms with Gasteiger partial charge < -0.3 is 4.90 Å². The monoisotopic (exact) mass is 839 g/mol. The van der Waals surface area contributed by atoms with Gasteiger partial charge in [0.1, 0.15) is 0 Å². The van der Waals surface area contributed by atoms with Gasteiger partial charge in [-0.15, -0.1) is 0 Å². The molecule has 0 atom stereocenters. The lowest BCUT2D eigenvalue weighted by molar-refractivity contribution is 0.768. The van der Waals surface area contributed by atoms with E-state index >= 15 is 0 Å². The Kier molecular flexibility index (Phi) is 8.96. The largest absolute Gasteiger partial charge is 0.310 e. The van der Waals surface area contributed by atoms with Gasteiger partial charge in [-0.05, 0) is 154 Å². The molecule has 0 aromatic heterocycles. The van der Waals surface area contributed by atoms with E-state index in [9.17, 15) is 0 Å². The predicted octanol–water partition coefficient (Wildman–Crippen LogP) is 17.1. The SMILES string of the molecule is C1=C(c2cccc(N(c3cccc(-c4cc5ccccc5c5ccccc45)c3)c3ccc4c(c3)-c3ccccc3C4(c3ccccc3)c3ccccc3)c2)CCc2ccc3ccccc3c21. The second-order valence-corrected chi connectivity index (χ2v) is 17.9. The van der Waals surface area contributed by atoms with Crippen molar-refractivity contribution in [3.63, 3.8) is 0 Å². The van der Waals surface area contributed by atoms with E-state index in [2.05, 4.69) is 254 Å². The Balaban J connectivity index is 1.02. The smallest absolute Gasteiger partial charge is 0.0713 e. The Morgan fingerprint density at radius 2 is 0.924 bits per heavy atom. The molecule has 0 amide bonds. The number of allylic oxidation sites excluding steroid dienone is 1. The summed E-state index contributed by atoms with van der Waals surface area (Å²) in [4.78, 5) is 2.48. The molecule has 13 rings (SSSR count). The summed E-state index contributed by atoms with van der Waals surface area (Å²) in [6.45, 7) is 0. The highest BCUT2D eigenvalue weighted by Gasteiger charge is 2.46. The highest BCUT2D eigenvalue weighted by Crippen LogP contribution is 2.57. The van der Waals surface area contributed by atoms with Crippen molar-refractivity contribution >= 4 is 61.0 Å². The van der Waals surface area contributed by atoms with Crippen molar-refractivity contribution in [3.05, 3.63) is 282 Å². The third-order valence-corrected chi connectivity index (χ3v) is 14.4. The molecule has 0 spiro atoms. The molecule has 0 aliphatic heterocycles. The van der Waals surface area contributed by atoms with Crippen LogP contribution < -0.4 is 4.90 Å². The van der Waals surface area contributed by atoms with Gasteiger partial charge in [-0.2, -0.15) is 0 Å². The number of rotatable bonds is 7.